The number of ether oxygens (including phenoxy) is 7. The van der Waals surface area contributed by atoms with Crippen molar-refractivity contribution in [2.24, 2.45) is 45.3 Å². The Hall–Kier alpha value is -0.760. The van der Waals surface area contributed by atoms with E-state index >= 15 is 0 Å². The Morgan fingerprint density at radius 1 is 0.582 bits per heavy atom. The van der Waals surface area contributed by atoms with Gasteiger partial charge in [-0.2, -0.15) is 0 Å². The second-order valence-corrected chi connectivity index (χ2v) is 24.0. The summed E-state index contributed by atoms with van der Waals surface area (Å²) < 4.78 is 43.9. The lowest BCUT2D eigenvalue weighted by Crippen LogP contribution is -2.68. The maximum absolute atomic E-state index is 12.5. The number of rotatable bonds is 10. The summed E-state index contributed by atoms with van der Waals surface area (Å²) >= 11 is 0. The first-order valence-electron chi connectivity index (χ1n) is 24.8. The van der Waals surface area contributed by atoms with Gasteiger partial charge in [-0.15, -0.1) is 0 Å². The summed E-state index contributed by atoms with van der Waals surface area (Å²) in [6.07, 6.45) is -21.0. The Kier molecular flexibility index (Phi) is 14.4. The Bertz CT molecular complexity index is 1730. The Morgan fingerprint density at radius 2 is 1.15 bits per heavy atom. The third kappa shape index (κ3) is 8.40. The molecule has 0 aromatic carbocycles. The van der Waals surface area contributed by atoms with Crippen molar-refractivity contribution in [1.82, 2.24) is 0 Å². The van der Waals surface area contributed by atoms with Gasteiger partial charge in [0.1, 0.15) is 73.2 Å². The summed E-state index contributed by atoms with van der Waals surface area (Å²) in [5.41, 5.74) is -3.18. The molecule has 12 N–H and O–H groups in total. The lowest BCUT2D eigenvalue weighted by atomic mass is 9.35. The van der Waals surface area contributed by atoms with E-state index in [1.165, 1.54) is 6.92 Å². The highest BCUT2D eigenvalue weighted by atomic mass is 16.8. The minimum atomic E-state index is -1.88. The van der Waals surface area contributed by atoms with E-state index in [0.717, 1.165) is 25.7 Å². The molecule has 4 heterocycles. The van der Waals surface area contributed by atoms with Gasteiger partial charge in [-0.25, -0.2) is 0 Å². The zero-order chi connectivity index (χ0) is 49.3. The fraction of sp³-hybridized carbons (Fsp3) is 1.00. The molecule has 0 aromatic heterocycles. The average Bonchev–Trinajstić information content (AvgIpc) is 3.80. The van der Waals surface area contributed by atoms with Crippen LogP contribution in [0.1, 0.15) is 114 Å². The molecule has 0 unspecified atom stereocenters. The Morgan fingerprint density at radius 3 is 1.76 bits per heavy atom. The van der Waals surface area contributed by atoms with Crippen LogP contribution in [-0.4, -0.2) is 202 Å². The van der Waals surface area contributed by atoms with E-state index in [9.17, 15) is 61.3 Å². The summed E-state index contributed by atoms with van der Waals surface area (Å²) in [5, 5.41) is 131. The maximum atomic E-state index is 12.5. The summed E-state index contributed by atoms with van der Waals surface area (Å²) in [6.45, 7) is 16.7. The van der Waals surface area contributed by atoms with Crippen LogP contribution in [0, 0.1) is 45.3 Å². The molecule has 4 aliphatic carbocycles. The van der Waals surface area contributed by atoms with Gasteiger partial charge >= 0.3 is 0 Å². The molecule has 19 nitrogen and oxygen atoms in total. The van der Waals surface area contributed by atoms with Gasteiger partial charge in [0, 0.05) is 6.42 Å². The summed E-state index contributed by atoms with van der Waals surface area (Å²) in [6, 6.07) is 0. The molecule has 8 fully saturated rings. The molecule has 4 saturated carbocycles. The minimum Gasteiger partial charge on any atom is -0.394 e. The van der Waals surface area contributed by atoms with Gasteiger partial charge in [0.15, 0.2) is 18.9 Å². The van der Waals surface area contributed by atoms with Gasteiger partial charge in [-0.05, 0) is 118 Å². The third-order valence-corrected chi connectivity index (χ3v) is 19.5. The first-order chi connectivity index (χ1) is 31.1. The van der Waals surface area contributed by atoms with E-state index in [-0.39, 0.29) is 39.9 Å². The Balaban J connectivity index is 1.06. The monoisotopic (exact) mass is 963 g/mol. The van der Waals surface area contributed by atoms with Gasteiger partial charge in [0.2, 0.25) is 0 Å². The molecule has 0 aromatic rings. The fourth-order valence-electron chi connectivity index (χ4n) is 15.7. The topological polar surface area (TPSA) is 307 Å². The summed E-state index contributed by atoms with van der Waals surface area (Å²) in [4.78, 5) is 0. The van der Waals surface area contributed by atoms with Gasteiger partial charge in [-0.1, -0.05) is 34.6 Å². The molecular formula is C48H82O19. The zero-order valence-electron chi connectivity index (χ0n) is 40.6. The predicted molar refractivity (Wildman–Crippen MR) is 233 cm³/mol. The number of hydrogen-bond donors (Lipinski definition) is 12. The van der Waals surface area contributed by atoms with E-state index in [2.05, 4.69) is 34.6 Å². The number of aliphatic hydroxyl groups is 12. The highest BCUT2D eigenvalue weighted by Gasteiger charge is 2.73. The van der Waals surface area contributed by atoms with Crippen LogP contribution >= 0.6 is 0 Å². The van der Waals surface area contributed by atoms with E-state index in [1.54, 1.807) is 13.8 Å². The molecule has 27 atom stereocenters. The van der Waals surface area contributed by atoms with Crippen LogP contribution < -0.4 is 0 Å². The SMILES string of the molecule is C[C@@H]1O[C@@H](O[C@H]2[C@H](O[C@H]3CC[C@@]4(C)[C@H](CC[C@]5(C)[C@@H]4C[C@@H](O)[C@@H]4[C@@H]([C@]6(C)C[C@H](O)[C@@H](C(C)(C)O)O6)CC[C@]45C)C3(C)C)O[C@H](CO)[C@@H](O)[C@@H]2O[C@@H]2O[C@H](CO)[C@@H](O)[C@H](O)[C@H]2O)[C@H](O)[C@H](O)[C@H]1O. The third-order valence-electron chi connectivity index (χ3n) is 19.5. The molecular weight excluding hydrogens is 881 g/mol. The second kappa shape index (κ2) is 18.3. The first kappa shape index (κ1) is 52.6. The molecule has 8 aliphatic rings. The molecule has 4 saturated heterocycles. The molecule has 388 valence electrons. The normalized spacial score (nSPS) is 56.8. The van der Waals surface area contributed by atoms with Crippen LogP contribution in [0.4, 0.5) is 0 Å². The zero-order valence-corrected chi connectivity index (χ0v) is 40.6. The van der Waals surface area contributed by atoms with Crippen molar-refractivity contribution in [2.45, 2.75) is 241 Å². The lowest BCUT2D eigenvalue weighted by Gasteiger charge is -2.71. The highest BCUT2D eigenvalue weighted by Crippen LogP contribution is 2.76. The van der Waals surface area contributed by atoms with Crippen molar-refractivity contribution in [3.05, 3.63) is 0 Å². The molecule has 8 rings (SSSR count). The quantitative estimate of drug-likeness (QED) is 0.119. The van der Waals surface area contributed by atoms with Gasteiger partial charge in [0.05, 0.1) is 48.8 Å². The smallest absolute Gasteiger partial charge is 0.187 e. The number of hydrogen-bond acceptors (Lipinski definition) is 19. The molecule has 4 aliphatic heterocycles. The van der Waals surface area contributed by atoms with Gasteiger partial charge in [0.25, 0.3) is 0 Å². The van der Waals surface area contributed by atoms with Crippen LogP contribution in [-0.2, 0) is 33.2 Å². The van der Waals surface area contributed by atoms with Crippen molar-refractivity contribution in [1.29, 1.82) is 0 Å². The van der Waals surface area contributed by atoms with Crippen LogP contribution in [0.25, 0.3) is 0 Å². The van der Waals surface area contributed by atoms with Crippen LogP contribution in [0.5, 0.6) is 0 Å². The van der Waals surface area contributed by atoms with Crippen LogP contribution in [0.15, 0.2) is 0 Å². The van der Waals surface area contributed by atoms with Crippen molar-refractivity contribution >= 4 is 0 Å². The van der Waals surface area contributed by atoms with E-state index in [4.69, 9.17) is 33.2 Å². The van der Waals surface area contributed by atoms with Crippen LogP contribution in [0.2, 0.25) is 0 Å². The predicted octanol–water partition coefficient (Wildman–Crippen LogP) is -0.817. The second-order valence-electron chi connectivity index (χ2n) is 24.0. The summed E-state index contributed by atoms with van der Waals surface area (Å²) in [5.74, 6) is 0.105. The molecule has 19 heteroatoms. The molecule has 0 bridgehead atoms. The summed E-state index contributed by atoms with van der Waals surface area (Å²) in [7, 11) is 0. The van der Waals surface area contributed by atoms with Crippen molar-refractivity contribution in [3.63, 3.8) is 0 Å². The lowest BCUT2D eigenvalue weighted by molar-refractivity contribution is -0.398. The minimum absolute atomic E-state index is 0.0181. The molecule has 0 amide bonds. The average molecular weight is 963 g/mol. The highest BCUT2D eigenvalue weighted by molar-refractivity contribution is 5.21. The standard InChI is InChI=1S/C48H82O19/c1-20-30(53)33(56)35(58)40(61-20)66-38-37(65-41-36(59)34(57)31(54)24(18-49)62-41)32(55)25(19-50)63-42(38)64-28-12-13-45(6)26(43(28,2)3)11-15-46(7)27(45)16-22(51)29-21(10-14-47(29,46)8)48(9)17-23(52)39(67-48)44(4,5)60/h20-42,49-60H,10-19H2,1-9H3/t20-,21-,22+,23-,24+,25+,26+,27+,28-,29-,30-,31+,32+,33+,34-,35+,36+,37-,38+,39-,40-,41-,42-,45-,46+,47+,48-/m0/s1. The number of aliphatic hydroxyl groups excluding tert-OH is 11. The van der Waals surface area contributed by atoms with Gasteiger partial charge in [-0.3, -0.25) is 0 Å². The van der Waals surface area contributed by atoms with E-state index in [0.29, 0.717) is 25.7 Å². The van der Waals surface area contributed by atoms with Crippen molar-refractivity contribution in [2.75, 3.05) is 13.2 Å². The van der Waals surface area contributed by atoms with Crippen LogP contribution in [0.3, 0.4) is 0 Å². The van der Waals surface area contributed by atoms with E-state index < -0.39 is 146 Å². The molecule has 0 spiro atoms. The Labute approximate surface area is 393 Å². The molecule has 0 radical (unpaired) electrons. The largest absolute Gasteiger partial charge is 0.394 e. The van der Waals surface area contributed by atoms with Crippen molar-refractivity contribution in [3.8, 4) is 0 Å². The van der Waals surface area contributed by atoms with Gasteiger partial charge < -0.3 is 94.4 Å². The molecule has 67 heavy (non-hydrogen) atoms. The number of fused-ring (bicyclic) bond motifs is 5. The maximum Gasteiger partial charge on any atom is 0.187 e. The fourth-order valence-corrected chi connectivity index (χ4v) is 15.7. The first-order valence-corrected chi connectivity index (χ1v) is 24.8. The van der Waals surface area contributed by atoms with E-state index in [1.807, 2.05) is 6.92 Å². The van der Waals surface area contributed by atoms with Crippen molar-refractivity contribution < 1.29 is 94.4 Å².